The van der Waals surface area contributed by atoms with Crippen LogP contribution in [0.3, 0.4) is 0 Å². The molecule has 1 aromatic carbocycles. The van der Waals surface area contributed by atoms with Crippen molar-refractivity contribution in [2.45, 2.75) is 33.2 Å². The largest absolute Gasteiger partial charge is 0.370 e. The van der Waals surface area contributed by atoms with E-state index in [0.717, 1.165) is 32.6 Å². The molecule has 20 heavy (non-hydrogen) atoms. The third-order valence-corrected chi connectivity index (χ3v) is 3.37. The molecule has 0 radical (unpaired) electrons. The van der Waals surface area contributed by atoms with Gasteiger partial charge >= 0.3 is 0 Å². The van der Waals surface area contributed by atoms with Gasteiger partial charge in [0, 0.05) is 19.1 Å². The second-order valence-electron chi connectivity index (χ2n) is 5.15. The summed E-state index contributed by atoms with van der Waals surface area (Å²) in [6, 6.07) is 10.9. The van der Waals surface area contributed by atoms with Crippen molar-refractivity contribution in [3.63, 3.8) is 0 Å². The Morgan fingerprint density at radius 3 is 2.60 bits per heavy atom. The number of hydrogen-bond acceptors (Lipinski definition) is 2. The van der Waals surface area contributed by atoms with Gasteiger partial charge in [0.05, 0.1) is 6.54 Å². The standard InChI is InChI=1S/C16H28N4/c1-4-20(14(2)3)13-12-19-16(17)18-11-10-15-8-6-5-7-9-15/h5-9,14H,4,10-13H2,1-3H3,(H3,17,18,19). The summed E-state index contributed by atoms with van der Waals surface area (Å²) in [4.78, 5) is 6.74. The van der Waals surface area contributed by atoms with E-state index < -0.39 is 0 Å². The van der Waals surface area contributed by atoms with Crippen LogP contribution in [0, 0.1) is 0 Å². The van der Waals surface area contributed by atoms with Gasteiger partial charge in [0.15, 0.2) is 5.96 Å². The van der Waals surface area contributed by atoms with Crippen LogP contribution in [0.4, 0.5) is 0 Å². The van der Waals surface area contributed by atoms with Gasteiger partial charge < -0.3 is 11.1 Å². The molecule has 0 aliphatic carbocycles. The van der Waals surface area contributed by atoms with Crippen molar-refractivity contribution in [1.82, 2.24) is 10.2 Å². The van der Waals surface area contributed by atoms with Crippen LogP contribution in [0.2, 0.25) is 0 Å². The van der Waals surface area contributed by atoms with E-state index in [1.54, 1.807) is 0 Å². The first-order chi connectivity index (χ1) is 9.63. The van der Waals surface area contributed by atoms with Crippen molar-refractivity contribution >= 4 is 5.96 Å². The number of nitrogens with one attached hydrogen (secondary N) is 1. The molecule has 0 heterocycles. The van der Waals surface area contributed by atoms with Crippen molar-refractivity contribution < 1.29 is 0 Å². The number of rotatable bonds is 8. The highest BCUT2D eigenvalue weighted by atomic mass is 15.2. The Morgan fingerprint density at radius 2 is 2.00 bits per heavy atom. The van der Waals surface area contributed by atoms with Crippen LogP contribution in [0.15, 0.2) is 35.3 Å². The summed E-state index contributed by atoms with van der Waals surface area (Å²) in [6.45, 7) is 10.1. The predicted octanol–water partition coefficient (Wildman–Crippen LogP) is 1.86. The Hall–Kier alpha value is -1.55. The van der Waals surface area contributed by atoms with E-state index in [9.17, 15) is 0 Å². The fraction of sp³-hybridized carbons (Fsp3) is 0.562. The first kappa shape index (κ1) is 16.5. The van der Waals surface area contributed by atoms with Crippen molar-refractivity contribution in [3.8, 4) is 0 Å². The second kappa shape index (κ2) is 9.37. The van der Waals surface area contributed by atoms with E-state index in [2.05, 4.69) is 60.2 Å². The lowest BCUT2D eigenvalue weighted by atomic mass is 10.1. The van der Waals surface area contributed by atoms with Gasteiger partial charge in [-0.2, -0.15) is 0 Å². The Morgan fingerprint density at radius 1 is 1.30 bits per heavy atom. The third-order valence-electron chi connectivity index (χ3n) is 3.37. The number of guanidine groups is 1. The molecular formula is C16H28N4. The Labute approximate surface area is 123 Å². The number of benzene rings is 1. The third kappa shape index (κ3) is 6.57. The van der Waals surface area contributed by atoms with Crippen LogP contribution < -0.4 is 11.1 Å². The minimum atomic E-state index is 0.542. The molecule has 0 saturated carbocycles. The van der Waals surface area contributed by atoms with E-state index in [1.165, 1.54) is 5.56 Å². The molecule has 1 aromatic rings. The van der Waals surface area contributed by atoms with E-state index in [1.807, 2.05) is 6.07 Å². The Balaban J connectivity index is 2.21. The molecule has 0 spiro atoms. The van der Waals surface area contributed by atoms with Crippen LogP contribution in [-0.4, -0.2) is 43.1 Å². The molecule has 3 N–H and O–H groups in total. The summed E-state index contributed by atoms with van der Waals surface area (Å²) in [5.74, 6) is 0.542. The summed E-state index contributed by atoms with van der Waals surface area (Å²) in [5.41, 5.74) is 7.17. The minimum Gasteiger partial charge on any atom is -0.370 e. The van der Waals surface area contributed by atoms with Gasteiger partial charge in [-0.25, -0.2) is 0 Å². The lowest BCUT2D eigenvalue weighted by Gasteiger charge is -2.23. The summed E-state index contributed by atoms with van der Waals surface area (Å²) < 4.78 is 0. The first-order valence-corrected chi connectivity index (χ1v) is 7.45. The van der Waals surface area contributed by atoms with Crippen LogP contribution in [0.1, 0.15) is 26.3 Å². The zero-order valence-corrected chi connectivity index (χ0v) is 13.0. The van der Waals surface area contributed by atoms with Gasteiger partial charge in [-0.15, -0.1) is 0 Å². The van der Waals surface area contributed by atoms with Crippen LogP contribution in [-0.2, 0) is 6.42 Å². The highest BCUT2D eigenvalue weighted by molar-refractivity contribution is 5.77. The van der Waals surface area contributed by atoms with Gasteiger partial charge in [-0.1, -0.05) is 37.3 Å². The van der Waals surface area contributed by atoms with Crippen LogP contribution >= 0.6 is 0 Å². The number of likely N-dealkylation sites (N-methyl/N-ethyl adjacent to an activating group) is 1. The molecule has 0 unspecified atom stereocenters. The van der Waals surface area contributed by atoms with Crippen LogP contribution in [0.25, 0.3) is 0 Å². The lowest BCUT2D eigenvalue weighted by Crippen LogP contribution is -2.36. The van der Waals surface area contributed by atoms with Crippen LogP contribution in [0.5, 0.6) is 0 Å². The molecule has 0 aliphatic heterocycles. The molecule has 0 bridgehead atoms. The zero-order valence-electron chi connectivity index (χ0n) is 13.0. The highest BCUT2D eigenvalue weighted by Gasteiger charge is 2.05. The molecular weight excluding hydrogens is 248 g/mol. The topological polar surface area (TPSA) is 53.6 Å². The SMILES string of the molecule is CCN(CCN=C(N)NCCc1ccccc1)C(C)C. The maximum absolute atomic E-state index is 5.86. The molecule has 1 rings (SSSR count). The molecule has 4 heteroatoms. The Kier molecular flexibility index (Phi) is 7.73. The van der Waals surface area contributed by atoms with Gasteiger partial charge in [-0.05, 0) is 32.4 Å². The predicted molar refractivity (Wildman–Crippen MR) is 87.0 cm³/mol. The summed E-state index contributed by atoms with van der Waals surface area (Å²) >= 11 is 0. The number of nitrogens with zero attached hydrogens (tertiary/aromatic N) is 2. The first-order valence-electron chi connectivity index (χ1n) is 7.45. The smallest absolute Gasteiger partial charge is 0.188 e. The average Bonchev–Trinajstić information content (AvgIpc) is 2.44. The van der Waals surface area contributed by atoms with E-state index in [0.29, 0.717) is 12.0 Å². The van der Waals surface area contributed by atoms with Gasteiger partial charge in [-0.3, -0.25) is 9.89 Å². The molecule has 4 nitrogen and oxygen atoms in total. The monoisotopic (exact) mass is 276 g/mol. The maximum atomic E-state index is 5.86. The second-order valence-corrected chi connectivity index (χ2v) is 5.15. The molecule has 0 saturated heterocycles. The van der Waals surface area contributed by atoms with Crippen molar-refractivity contribution in [2.24, 2.45) is 10.7 Å². The summed E-state index contributed by atoms with van der Waals surface area (Å²) in [6.07, 6.45) is 0.962. The lowest BCUT2D eigenvalue weighted by molar-refractivity contribution is 0.240. The van der Waals surface area contributed by atoms with E-state index in [4.69, 9.17) is 5.73 Å². The number of hydrogen-bond donors (Lipinski definition) is 2. The van der Waals surface area contributed by atoms with E-state index >= 15 is 0 Å². The fourth-order valence-electron chi connectivity index (χ4n) is 2.12. The average molecular weight is 276 g/mol. The summed E-state index contributed by atoms with van der Waals surface area (Å²) in [7, 11) is 0. The Bertz CT molecular complexity index is 387. The van der Waals surface area contributed by atoms with Gasteiger partial charge in [0.2, 0.25) is 0 Å². The molecule has 0 aromatic heterocycles. The quantitative estimate of drug-likeness (QED) is 0.563. The van der Waals surface area contributed by atoms with Crippen molar-refractivity contribution in [3.05, 3.63) is 35.9 Å². The molecule has 0 amide bonds. The summed E-state index contributed by atoms with van der Waals surface area (Å²) in [5, 5.41) is 3.16. The van der Waals surface area contributed by atoms with Crippen molar-refractivity contribution in [2.75, 3.05) is 26.2 Å². The number of aliphatic imine (C=N–C) groups is 1. The molecule has 0 aliphatic rings. The van der Waals surface area contributed by atoms with Crippen molar-refractivity contribution in [1.29, 1.82) is 0 Å². The van der Waals surface area contributed by atoms with Gasteiger partial charge in [0.25, 0.3) is 0 Å². The van der Waals surface area contributed by atoms with E-state index in [-0.39, 0.29) is 0 Å². The maximum Gasteiger partial charge on any atom is 0.188 e. The van der Waals surface area contributed by atoms with Gasteiger partial charge in [0.1, 0.15) is 0 Å². The molecule has 112 valence electrons. The minimum absolute atomic E-state index is 0.542. The normalized spacial score (nSPS) is 12.2. The number of nitrogens with two attached hydrogens (primary N) is 1. The fourth-order valence-corrected chi connectivity index (χ4v) is 2.12. The zero-order chi connectivity index (χ0) is 14.8. The highest BCUT2D eigenvalue weighted by Crippen LogP contribution is 1.98. The molecule has 0 atom stereocenters. The molecule has 0 fully saturated rings.